The molecule has 1 amide bonds. The number of nitrogens with one attached hydrogen (secondary N) is 1. The van der Waals surface area contributed by atoms with Crippen molar-refractivity contribution >= 4 is 35.0 Å². The van der Waals surface area contributed by atoms with Crippen molar-refractivity contribution in [3.8, 4) is 5.75 Å². The summed E-state index contributed by atoms with van der Waals surface area (Å²) in [5.74, 6) is 0.281. The summed E-state index contributed by atoms with van der Waals surface area (Å²) in [5, 5.41) is 14.9. The van der Waals surface area contributed by atoms with Gasteiger partial charge in [0, 0.05) is 17.2 Å². The largest absolute Gasteiger partial charge is 0.618 e. The van der Waals surface area contributed by atoms with E-state index in [4.69, 9.17) is 16.3 Å². The van der Waals surface area contributed by atoms with Crippen LogP contribution in [0, 0.1) is 5.21 Å². The molecule has 0 aliphatic rings. The first-order valence-electron chi connectivity index (χ1n) is 6.50. The molecule has 0 aliphatic carbocycles. The van der Waals surface area contributed by atoms with Gasteiger partial charge in [-0.15, -0.1) is 0 Å². The van der Waals surface area contributed by atoms with Crippen molar-refractivity contribution in [1.29, 1.82) is 0 Å². The van der Waals surface area contributed by atoms with E-state index in [0.29, 0.717) is 21.5 Å². The number of nitrogens with zero attached hydrogens (tertiary/aromatic N) is 1. The number of carbonyl (C=O) groups is 1. The van der Waals surface area contributed by atoms with Crippen molar-refractivity contribution in [2.45, 2.75) is 17.2 Å². The molecule has 0 aliphatic heterocycles. The SMILES string of the molecule is COc1ccc(Cl)cc1NC(=O)[C@H](C)Sc1cccc[n+]1[O-]. The van der Waals surface area contributed by atoms with Crippen molar-refractivity contribution in [3.05, 3.63) is 52.8 Å². The number of hydrogen-bond donors (Lipinski definition) is 1. The van der Waals surface area contributed by atoms with Crippen LogP contribution in [0.15, 0.2) is 47.6 Å². The first-order valence-corrected chi connectivity index (χ1v) is 7.76. The van der Waals surface area contributed by atoms with Gasteiger partial charge < -0.3 is 15.3 Å². The highest BCUT2D eigenvalue weighted by Crippen LogP contribution is 2.29. The molecule has 1 heterocycles. The third-order valence-corrected chi connectivity index (χ3v) is 4.23. The van der Waals surface area contributed by atoms with Crippen LogP contribution in [-0.4, -0.2) is 18.3 Å². The van der Waals surface area contributed by atoms with Gasteiger partial charge in [-0.05, 0) is 43.0 Å². The van der Waals surface area contributed by atoms with Crippen molar-refractivity contribution in [2.24, 2.45) is 0 Å². The molecule has 7 heteroatoms. The Hall–Kier alpha value is -1.92. The van der Waals surface area contributed by atoms with Gasteiger partial charge >= 0.3 is 0 Å². The van der Waals surface area contributed by atoms with Crippen molar-refractivity contribution in [2.75, 3.05) is 12.4 Å². The first kappa shape index (κ1) is 16.5. The Morgan fingerprint density at radius 3 is 2.86 bits per heavy atom. The van der Waals surface area contributed by atoms with E-state index in [1.165, 1.54) is 25.1 Å². The maximum atomic E-state index is 12.3. The Bertz CT molecular complexity index is 682. The van der Waals surface area contributed by atoms with Crippen LogP contribution in [0.3, 0.4) is 0 Å². The van der Waals surface area contributed by atoms with Crippen molar-refractivity contribution < 1.29 is 14.3 Å². The van der Waals surface area contributed by atoms with Crippen LogP contribution in [0.2, 0.25) is 5.02 Å². The van der Waals surface area contributed by atoms with Crippen molar-refractivity contribution in [1.82, 2.24) is 0 Å². The molecule has 0 saturated heterocycles. The molecule has 0 unspecified atom stereocenters. The van der Waals surface area contributed by atoms with Gasteiger partial charge in [-0.3, -0.25) is 4.79 Å². The molecule has 2 aromatic rings. The van der Waals surface area contributed by atoms with Gasteiger partial charge in [0.05, 0.1) is 18.0 Å². The number of aromatic nitrogens is 1. The van der Waals surface area contributed by atoms with Gasteiger partial charge in [0.2, 0.25) is 5.91 Å². The normalized spacial score (nSPS) is 11.8. The number of pyridine rings is 1. The van der Waals surface area contributed by atoms with Gasteiger partial charge in [-0.25, -0.2) is 0 Å². The Morgan fingerprint density at radius 1 is 1.41 bits per heavy atom. The zero-order chi connectivity index (χ0) is 16.1. The predicted octanol–water partition coefficient (Wildman–Crippen LogP) is 3.10. The summed E-state index contributed by atoms with van der Waals surface area (Å²) in [6, 6.07) is 10.0. The van der Waals surface area contributed by atoms with Gasteiger partial charge in [0.25, 0.3) is 5.03 Å². The fraction of sp³-hybridized carbons (Fsp3) is 0.200. The topological polar surface area (TPSA) is 65.3 Å². The molecule has 1 atom stereocenters. The summed E-state index contributed by atoms with van der Waals surface area (Å²) < 4.78 is 5.91. The molecule has 2 rings (SSSR count). The van der Waals surface area contributed by atoms with Crippen LogP contribution in [0.5, 0.6) is 5.75 Å². The zero-order valence-corrected chi connectivity index (χ0v) is 13.6. The second-order valence-electron chi connectivity index (χ2n) is 4.46. The molecule has 0 radical (unpaired) electrons. The molecule has 1 N–H and O–H groups in total. The van der Waals surface area contributed by atoms with Gasteiger partial charge in [0.15, 0.2) is 6.20 Å². The highest BCUT2D eigenvalue weighted by molar-refractivity contribution is 8.00. The molecule has 0 saturated carbocycles. The summed E-state index contributed by atoms with van der Waals surface area (Å²) in [4.78, 5) is 12.3. The van der Waals surface area contributed by atoms with E-state index in [0.717, 1.165) is 4.73 Å². The van der Waals surface area contributed by atoms with Gasteiger partial charge in [-0.2, -0.15) is 4.73 Å². The van der Waals surface area contributed by atoms with E-state index in [-0.39, 0.29) is 5.91 Å². The predicted molar refractivity (Wildman–Crippen MR) is 87.4 cm³/mol. The summed E-state index contributed by atoms with van der Waals surface area (Å²) in [6.45, 7) is 1.73. The van der Waals surface area contributed by atoms with Crippen LogP contribution < -0.4 is 14.8 Å². The second-order valence-corrected chi connectivity index (χ2v) is 6.26. The molecule has 1 aromatic heterocycles. The first-order chi connectivity index (χ1) is 10.5. The summed E-state index contributed by atoms with van der Waals surface area (Å²) in [6.07, 6.45) is 1.40. The second kappa shape index (κ2) is 7.38. The summed E-state index contributed by atoms with van der Waals surface area (Å²) in [5.41, 5.74) is 0.496. The molecule has 0 spiro atoms. The third-order valence-electron chi connectivity index (χ3n) is 2.87. The third kappa shape index (κ3) is 4.05. The fourth-order valence-corrected chi connectivity index (χ4v) is 2.77. The van der Waals surface area contributed by atoms with E-state index in [2.05, 4.69) is 5.32 Å². The van der Waals surface area contributed by atoms with Crippen LogP contribution >= 0.6 is 23.4 Å². The Balaban J connectivity index is 2.09. The number of rotatable bonds is 5. The minimum absolute atomic E-state index is 0.241. The number of carbonyl (C=O) groups excluding carboxylic acids is 1. The lowest BCUT2D eigenvalue weighted by Crippen LogP contribution is -2.30. The molecule has 116 valence electrons. The average molecular weight is 339 g/mol. The number of ether oxygens (including phenoxy) is 1. The highest BCUT2D eigenvalue weighted by atomic mass is 35.5. The number of thioether (sulfide) groups is 1. The van der Waals surface area contributed by atoms with E-state index >= 15 is 0 Å². The lowest BCUT2D eigenvalue weighted by Gasteiger charge is -2.14. The lowest BCUT2D eigenvalue weighted by molar-refractivity contribution is -0.645. The average Bonchev–Trinajstić information content (AvgIpc) is 2.49. The number of halogens is 1. The Labute approximate surface area is 137 Å². The van der Waals surface area contributed by atoms with E-state index in [1.807, 2.05) is 0 Å². The maximum absolute atomic E-state index is 12.3. The van der Waals surface area contributed by atoms with Crippen molar-refractivity contribution in [3.63, 3.8) is 0 Å². The van der Waals surface area contributed by atoms with Crippen LogP contribution in [0.25, 0.3) is 0 Å². The summed E-state index contributed by atoms with van der Waals surface area (Å²) in [7, 11) is 1.52. The number of methoxy groups -OCH3 is 1. The molecule has 1 aromatic carbocycles. The number of hydrogen-bond acceptors (Lipinski definition) is 4. The van der Waals surface area contributed by atoms with E-state index in [9.17, 15) is 10.0 Å². The maximum Gasteiger partial charge on any atom is 0.252 e. The zero-order valence-electron chi connectivity index (χ0n) is 12.1. The monoisotopic (exact) mass is 338 g/mol. The van der Waals surface area contributed by atoms with Crippen LogP contribution in [-0.2, 0) is 4.79 Å². The lowest BCUT2D eigenvalue weighted by atomic mass is 10.3. The van der Waals surface area contributed by atoms with E-state index in [1.54, 1.807) is 43.3 Å². The molecular formula is C15H15ClN2O3S. The van der Waals surface area contributed by atoms with Crippen LogP contribution in [0.4, 0.5) is 5.69 Å². The van der Waals surface area contributed by atoms with E-state index < -0.39 is 5.25 Å². The number of amides is 1. The smallest absolute Gasteiger partial charge is 0.252 e. The quantitative estimate of drug-likeness (QED) is 0.517. The standard InChI is InChI=1S/C15H15ClN2O3S/c1-10(22-14-5-3-4-8-18(14)20)15(19)17-12-9-11(16)6-7-13(12)21-2/h3-10H,1-2H3,(H,17,19)/t10-/m0/s1. The van der Waals surface area contributed by atoms with Crippen LogP contribution in [0.1, 0.15) is 6.92 Å². The van der Waals surface area contributed by atoms with Gasteiger partial charge in [0.1, 0.15) is 5.75 Å². The molecule has 0 fully saturated rings. The Morgan fingerprint density at radius 2 is 2.18 bits per heavy atom. The Kier molecular flexibility index (Phi) is 5.51. The molecular weight excluding hydrogens is 324 g/mol. The minimum Gasteiger partial charge on any atom is -0.618 e. The van der Waals surface area contributed by atoms with Gasteiger partial charge in [-0.1, -0.05) is 11.6 Å². The molecule has 5 nitrogen and oxygen atoms in total. The number of anilines is 1. The summed E-state index contributed by atoms with van der Waals surface area (Å²) >= 11 is 7.11. The number of benzene rings is 1. The molecule has 0 bridgehead atoms. The highest BCUT2D eigenvalue weighted by Gasteiger charge is 2.20. The molecule has 22 heavy (non-hydrogen) atoms. The minimum atomic E-state index is -0.453. The fourth-order valence-electron chi connectivity index (χ4n) is 1.75.